The van der Waals surface area contributed by atoms with Crippen molar-refractivity contribution in [1.82, 2.24) is 0 Å². The zero-order chi connectivity index (χ0) is 9.90. The molecule has 1 aromatic rings. The molecule has 4 nitrogen and oxygen atoms in total. The van der Waals surface area contributed by atoms with Crippen LogP contribution in [0.5, 0.6) is 0 Å². The van der Waals surface area contributed by atoms with Crippen LogP contribution in [-0.4, -0.2) is 14.2 Å². The highest BCUT2D eigenvalue weighted by molar-refractivity contribution is 7.91. The van der Waals surface area contributed by atoms with Crippen LogP contribution in [0.3, 0.4) is 0 Å². The summed E-state index contributed by atoms with van der Waals surface area (Å²) in [6.45, 7) is 1.80. The van der Waals surface area contributed by atoms with Gasteiger partial charge in [0, 0.05) is 12.1 Å². The van der Waals surface area contributed by atoms with Crippen LogP contribution >= 0.6 is 0 Å². The van der Waals surface area contributed by atoms with Gasteiger partial charge in [-0.3, -0.25) is 0 Å². The molecule has 72 valence electrons. The Morgan fingerprint density at radius 2 is 1.92 bits per heavy atom. The van der Waals surface area contributed by atoms with Gasteiger partial charge in [-0.2, -0.15) is 4.73 Å². The first-order chi connectivity index (χ1) is 6.06. The van der Waals surface area contributed by atoms with Crippen molar-refractivity contribution in [2.24, 2.45) is 0 Å². The molecule has 0 radical (unpaired) electrons. The van der Waals surface area contributed by atoms with Crippen LogP contribution in [0.1, 0.15) is 13.3 Å². The molecule has 13 heavy (non-hydrogen) atoms. The molecule has 1 rings (SSSR count). The van der Waals surface area contributed by atoms with E-state index in [1.807, 2.05) is 0 Å². The van der Waals surface area contributed by atoms with Crippen LogP contribution in [-0.2, 0) is 9.84 Å². The fourth-order valence-corrected chi connectivity index (χ4v) is 2.30. The smallest absolute Gasteiger partial charge is 0.181 e. The maximum atomic E-state index is 11.4. The summed E-state index contributed by atoms with van der Waals surface area (Å²) in [5, 5.41) is 10.6. The third-order valence-electron chi connectivity index (χ3n) is 1.60. The maximum Gasteiger partial charge on any atom is 0.181 e. The SMILES string of the molecule is CCCS(=O)(=O)c1cc[n+]([O-])cc1. The van der Waals surface area contributed by atoms with Gasteiger partial charge in [0.1, 0.15) is 0 Å². The average molecular weight is 201 g/mol. The third-order valence-corrected chi connectivity index (χ3v) is 3.54. The first-order valence-corrected chi connectivity index (χ1v) is 5.63. The second-order valence-corrected chi connectivity index (χ2v) is 4.82. The minimum atomic E-state index is -3.18. The summed E-state index contributed by atoms with van der Waals surface area (Å²) in [6.07, 6.45) is 2.94. The molecule has 0 saturated carbocycles. The molecule has 0 unspecified atom stereocenters. The van der Waals surface area contributed by atoms with Gasteiger partial charge in [0.05, 0.1) is 10.6 Å². The molecule has 0 spiro atoms. The summed E-state index contributed by atoms with van der Waals surface area (Å²) in [5.74, 6) is 0.121. The Labute approximate surface area is 77.3 Å². The molecule has 5 heteroatoms. The van der Waals surface area contributed by atoms with E-state index in [9.17, 15) is 13.6 Å². The van der Waals surface area contributed by atoms with E-state index in [4.69, 9.17) is 0 Å². The van der Waals surface area contributed by atoms with Gasteiger partial charge in [0.2, 0.25) is 0 Å². The molecule has 0 atom stereocenters. The van der Waals surface area contributed by atoms with Crippen LogP contribution in [0, 0.1) is 5.21 Å². The number of aromatic nitrogens is 1. The zero-order valence-electron chi connectivity index (χ0n) is 7.30. The molecule has 0 aliphatic rings. The highest BCUT2D eigenvalue weighted by Gasteiger charge is 2.13. The Bertz CT molecular complexity index is 369. The minimum Gasteiger partial charge on any atom is -0.619 e. The average Bonchev–Trinajstić information content (AvgIpc) is 2.05. The molecule has 0 amide bonds. The van der Waals surface area contributed by atoms with Crippen molar-refractivity contribution in [3.8, 4) is 0 Å². The van der Waals surface area contributed by atoms with Crippen LogP contribution in [0.4, 0.5) is 0 Å². The van der Waals surface area contributed by atoms with Gasteiger partial charge in [-0.1, -0.05) is 6.92 Å². The lowest BCUT2D eigenvalue weighted by atomic mass is 10.5. The molecule has 0 bridgehead atoms. The second-order valence-electron chi connectivity index (χ2n) is 2.71. The Morgan fingerprint density at radius 1 is 1.38 bits per heavy atom. The van der Waals surface area contributed by atoms with Crippen molar-refractivity contribution in [2.45, 2.75) is 18.2 Å². The number of nitrogens with zero attached hydrogens (tertiary/aromatic N) is 1. The van der Waals surface area contributed by atoms with Gasteiger partial charge < -0.3 is 5.21 Å². The normalized spacial score (nSPS) is 11.5. The Balaban J connectivity index is 3.02. The lowest BCUT2D eigenvalue weighted by molar-refractivity contribution is -0.605. The van der Waals surface area contributed by atoms with Gasteiger partial charge in [0.15, 0.2) is 22.2 Å². The highest BCUT2D eigenvalue weighted by Crippen LogP contribution is 2.08. The quantitative estimate of drug-likeness (QED) is 0.528. The zero-order valence-corrected chi connectivity index (χ0v) is 8.12. The Morgan fingerprint density at radius 3 is 2.38 bits per heavy atom. The van der Waals surface area contributed by atoms with Gasteiger partial charge in [0.25, 0.3) is 0 Å². The molecule has 0 saturated heterocycles. The van der Waals surface area contributed by atoms with Crippen LogP contribution in [0.2, 0.25) is 0 Å². The molecule has 0 aliphatic carbocycles. The summed E-state index contributed by atoms with van der Waals surface area (Å²) >= 11 is 0. The second kappa shape index (κ2) is 3.74. The van der Waals surface area contributed by atoms with Crippen LogP contribution in [0.15, 0.2) is 29.4 Å². The standard InChI is InChI=1S/C8H11NO3S/c1-2-7-13(11,12)8-3-5-9(10)6-4-8/h3-6H,2,7H2,1H3. The lowest BCUT2D eigenvalue weighted by Gasteiger charge is -2.01. The van der Waals surface area contributed by atoms with Gasteiger partial charge >= 0.3 is 0 Å². The van der Waals surface area contributed by atoms with E-state index in [1.54, 1.807) is 6.92 Å². The number of rotatable bonds is 3. The van der Waals surface area contributed by atoms with Gasteiger partial charge in [-0.05, 0) is 6.42 Å². The van der Waals surface area contributed by atoms with Crippen LogP contribution in [0.25, 0.3) is 0 Å². The Kier molecular flexibility index (Phi) is 2.87. The summed E-state index contributed by atoms with van der Waals surface area (Å²) in [7, 11) is -3.18. The van der Waals surface area contributed by atoms with Crippen molar-refractivity contribution in [3.05, 3.63) is 29.7 Å². The fraction of sp³-hybridized carbons (Fsp3) is 0.375. The molecular weight excluding hydrogens is 190 g/mol. The third kappa shape index (κ3) is 2.42. The first kappa shape index (κ1) is 9.98. The number of sulfone groups is 1. The predicted molar refractivity (Wildman–Crippen MR) is 47.7 cm³/mol. The van der Waals surface area contributed by atoms with Crippen molar-refractivity contribution in [3.63, 3.8) is 0 Å². The molecule has 0 aromatic carbocycles. The fourth-order valence-electron chi connectivity index (χ4n) is 0.993. The molecule has 0 fully saturated rings. The van der Waals surface area contributed by atoms with E-state index >= 15 is 0 Å². The molecule has 1 aromatic heterocycles. The predicted octanol–water partition coefficient (Wildman–Crippen LogP) is 0.504. The first-order valence-electron chi connectivity index (χ1n) is 3.98. The number of pyridine rings is 1. The summed E-state index contributed by atoms with van der Waals surface area (Å²) in [4.78, 5) is 0.210. The molecule has 0 N–H and O–H groups in total. The maximum absolute atomic E-state index is 11.4. The minimum absolute atomic E-state index is 0.121. The molecule has 0 aliphatic heterocycles. The van der Waals surface area contributed by atoms with Crippen molar-refractivity contribution in [1.29, 1.82) is 0 Å². The van der Waals surface area contributed by atoms with E-state index < -0.39 is 9.84 Å². The largest absolute Gasteiger partial charge is 0.619 e. The van der Waals surface area contributed by atoms with E-state index in [0.29, 0.717) is 11.2 Å². The van der Waals surface area contributed by atoms with E-state index in [2.05, 4.69) is 0 Å². The Hall–Kier alpha value is -1.10. The summed E-state index contributed by atoms with van der Waals surface area (Å²) in [5.41, 5.74) is 0. The van der Waals surface area contributed by atoms with Crippen molar-refractivity contribution in [2.75, 3.05) is 5.75 Å². The van der Waals surface area contributed by atoms with E-state index in [-0.39, 0.29) is 10.6 Å². The van der Waals surface area contributed by atoms with Crippen molar-refractivity contribution >= 4 is 9.84 Å². The summed E-state index contributed by atoms with van der Waals surface area (Å²) < 4.78 is 23.4. The lowest BCUT2D eigenvalue weighted by Crippen LogP contribution is -2.24. The van der Waals surface area contributed by atoms with Gasteiger partial charge in [-0.15, -0.1) is 0 Å². The van der Waals surface area contributed by atoms with Crippen LogP contribution < -0.4 is 4.73 Å². The topological polar surface area (TPSA) is 61.1 Å². The van der Waals surface area contributed by atoms with Gasteiger partial charge in [-0.25, -0.2) is 8.42 Å². The molecular formula is C8H11NO3S. The molecule has 1 heterocycles. The van der Waals surface area contributed by atoms with E-state index in [1.165, 1.54) is 24.5 Å². The monoisotopic (exact) mass is 201 g/mol. The number of hydrogen-bond acceptors (Lipinski definition) is 3. The van der Waals surface area contributed by atoms with E-state index in [0.717, 1.165) is 0 Å². The number of hydrogen-bond donors (Lipinski definition) is 0. The van der Waals surface area contributed by atoms with Crippen molar-refractivity contribution < 1.29 is 13.1 Å². The highest BCUT2D eigenvalue weighted by atomic mass is 32.2. The summed E-state index contributed by atoms with van der Waals surface area (Å²) in [6, 6.07) is 2.63.